The lowest BCUT2D eigenvalue weighted by Gasteiger charge is -2.33. The maximum Gasteiger partial charge on any atom is 0.0510 e. The van der Waals surface area contributed by atoms with Gasteiger partial charge >= 0.3 is 0 Å². The van der Waals surface area contributed by atoms with Crippen molar-refractivity contribution in [2.24, 2.45) is 0 Å². The number of anilines is 1. The largest absolute Gasteiger partial charge is 0.381 e. The minimum absolute atomic E-state index is 0.588. The second-order valence-corrected chi connectivity index (χ2v) is 5.62. The summed E-state index contributed by atoms with van der Waals surface area (Å²) in [4.78, 5) is 2.37. The van der Waals surface area contributed by atoms with E-state index in [1.165, 1.54) is 15.7 Å². The molecule has 0 atom stereocenters. The Morgan fingerprint density at radius 2 is 2.11 bits per heavy atom. The molecule has 2 rings (SSSR count). The van der Waals surface area contributed by atoms with Crippen LogP contribution in [0.25, 0.3) is 0 Å². The van der Waals surface area contributed by atoms with E-state index in [0.29, 0.717) is 6.04 Å². The molecule has 4 heteroatoms. The summed E-state index contributed by atoms with van der Waals surface area (Å²) in [6, 6.07) is 7.17. The van der Waals surface area contributed by atoms with E-state index in [-0.39, 0.29) is 0 Å². The van der Waals surface area contributed by atoms with Crippen molar-refractivity contribution in [3.8, 4) is 0 Å². The predicted molar refractivity (Wildman–Crippen MR) is 79.1 cm³/mol. The summed E-state index contributed by atoms with van der Waals surface area (Å²) in [5, 5.41) is 3.17. The van der Waals surface area contributed by atoms with Gasteiger partial charge in [-0.25, -0.2) is 0 Å². The minimum Gasteiger partial charge on any atom is -0.381 e. The van der Waals surface area contributed by atoms with Crippen molar-refractivity contribution in [3.05, 3.63) is 28.2 Å². The number of nitrogens with one attached hydrogen (secondary N) is 1. The second-order valence-electron chi connectivity index (χ2n) is 4.77. The summed E-state index contributed by atoms with van der Waals surface area (Å²) in [7, 11) is 4.14. The predicted octanol–water partition coefficient (Wildman–Crippen LogP) is 2.78. The van der Waals surface area contributed by atoms with Gasteiger partial charge in [-0.05, 0) is 53.5 Å². The number of hydrogen-bond acceptors (Lipinski definition) is 3. The van der Waals surface area contributed by atoms with E-state index in [1.54, 1.807) is 0 Å². The number of ether oxygens (including phenoxy) is 1. The third-order valence-electron chi connectivity index (χ3n) is 3.51. The van der Waals surface area contributed by atoms with Gasteiger partial charge in [0.1, 0.15) is 0 Å². The molecule has 18 heavy (non-hydrogen) atoms. The molecule has 0 aromatic heterocycles. The van der Waals surface area contributed by atoms with Crippen LogP contribution in [0.1, 0.15) is 18.4 Å². The van der Waals surface area contributed by atoms with Gasteiger partial charge in [0, 0.05) is 37.3 Å². The molecule has 0 amide bonds. The van der Waals surface area contributed by atoms with E-state index in [4.69, 9.17) is 4.74 Å². The lowest BCUT2D eigenvalue weighted by atomic mass is 10.1. The van der Waals surface area contributed by atoms with Crippen LogP contribution in [-0.4, -0.2) is 33.4 Å². The summed E-state index contributed by atoms with van der Waals surface area (Å²) in [5.74, 6) is 0. The first-order chi connectivity index (χ1) is 8.72. The van der Waals surface area contributed by atoms with E-state index in [0.717, 1.165) is 32.6 Å². The van der Waals surface area contributed by atoms with Gasteiger partial charge in [-0.2, -0.15) is 0 Å². The Kier molecular flexibility index (Phi) is 5.03. The monoisotopic (exact) mass is 312 g/mol. The van der Waals surface area contributed by atoms with Crippen molar-refractivity contribution in [2.45, 2.75) is 25.4 Å². The van der Waals surface area contributed by atoms with Gasteiger partial charge in [-0.1, -0.05) is 6.07 Å². The highest BCUT2D eigenvalue weighted by Gasteiger charge is 2.20. The molecule has 0 radical (unpaired) electrons. The highest BCUT2D eigenvalue weighted by atomic mass is 79.9. The minimum atomic E-state index is 0.588. The molecule has 1 aliphatic heterocycles. The molecule has 1 aliphatic rings. The fraction of sp³-hybridized carbons (Fsp3) is 0.571. The van der Waals surface area contributed by atoms with Crippen LogP contribution in [0.15, 0.2) is 22.7 Å². The Labute approximate surface area is 118 Å². The average molecular weight is 313 g/mol. The lowest BCUT2D eigenvalue weighted by Crippen LogP contribution is -2.36. The molecular weight excluding hydrogens is 292 g/mol. The van der Waals surface area contributed by atoms with Crippen molar-refractivity contribution in [1.29, 1.82) is 0 Å². The van der Waals surface area contributed by atoms with Gasteiger partial charge in [-0.15, -0.1) is 0 Å². The van der Waals surface area contributed by atoms with Crippen molar-refractivity contribution in [2.75, 3.05) is 32.2 Å². The van der Waals surface area contributed by atoms with E-state index in [1.807, 2.05) is 7.05 Å². The molecule has 1 heterocycles. The summed E-state index contributed by atoms with van der Waals surface area (Å²) in [6.07, 6.45) is 2.22. The van der Waals surface area contributed by atoms with E-state index >= 15 is 0 Å². The average Bonchev–Trinajstić information content (AvgIpc) is 2.40. The van der Waals surface area contributed by atoms with E-state index in [2.05, 4.69) is 51.4 Å². The smallest absolute Gasteiger partial charge is 0.0510 e. The van der Waals surface area contributed by atoms with Crippen LogP contribution in [-0.2, 0) is 11.3 Å². The van der Waals surface area contributed by atoms with Crippen molar-refractivity contribution in [1.82, 2.24) is 5.32 Å². The Morgan fingerprint density at radius 3 is 2.72 bits per heavy atom. The van der Waals surface area contributed by atoms with Crippen molar-refractivity contribution >= 4 is 21.6 Å². The van der Waals surface area contributed by atoms with Crippen LogP contribution in [0.2, 0.25) is 0 Å². The van der Waals surface area contributed by atoms with Gasteiger partial charge < -0.3 is 15.0 Å². The Balaban J connectivity index is 2.11. The van der Waals surface area contributed by atoms with Crippen LogP contribution >= 0.6 is 15.9 Å². The van der Waals surface area contributed by atoms with E-state index < -0.39 is 0 Å². The van der Waals surface area contributed by atoms with Crippen LogP contribution in [0.5, 0.6) is 0 Å². The fourth-order valence-electron chi connectivity index (χ4n) is 2.42. The Hall–Kier alpha value is -0.580. The first-order valence-electron chi connectivity index (χ1n) is 6.46. The molecular formula is C14H21BrN2O. The summed E-state index contributed by atoms with van der Waals surface area (Å²) in [5.41, 5.74) is 2.57. The molecule has 1 N–H and O–H groups in total. The third kappa shape index (κ3) is 3.25. The molecule has 0 bridgehead atoms. The number of rotatable bonds is 4. The zero-order chi connectivity index (χ0) is 13.0. The quantitative estimate of drug-likeness (QED) is 0.925. The molecule has 1 aromatic rings. The summed E-state index contributed by atoms with van der Waals surface area (Å²) in [6.45, 7) is 2.66. The van der Waals surface area contributed by atoms with Crippen LogP contribution in [0.3, 0.4) is 0 Å². The highest BCUT2D eigenvalue weighted by molar-refractivity contribution is 9.10. The zero-order valence-corrected chi connectivity index (χ0v) is 12.7. The first kappa shape index (κ1) is 13.8. The number of halogens is 1. The SMILES string of the molecule is CNCc1ccc(N(C)C2CCOCC2)c(Br)c1. The molecule has 1 aromatic carbocycles. The molecule has 1 fully saturated rings. The summed E-state index contributed by atoms with van der Waals surface area (Å²) < 4.78 is 6.59. The van der Waals surface area contributed by atoms with Crippen LogP contribution < -0.4 is 10.2 Å². The normalized spacial score (nSPS) is 16.8. The lowest BCUT2D eigenvalue weighted by molar-refractivity contribution is 0.0854. The standard InChI is InChI=1S/C14H21BrN2O/c1-16-10-11-3-4-14(13(15)9-11)17(2)12-5-7-18-8-6-12/h3-4,9,12,16H,5-8,10H2,1-2H3. The van der Waals surface area contributed by atoms with Gasteiger partial charge in [0.2, 0.25) is 0 Å². The molecule has 0 saturated carbocycles. The molecule has 0 unspecified atom stereocenters. The molecule has 0 aliphatic carbocycles. The van der Waals surface area contributed by atoms with Gasteiger partial charge in [-0.3, -0.25) is 0 Å². The topological polar surface area (TPSA) is 24.5 Å². The maximum absolute atomic E-state index is 5.42. The third-order valence-corrected chi connectivity index (χ3v) is 4.15. The molecule has 100 valence electrons. The number of nitrogens with zero attached hydrogens (tertiary/aromatic N) is 1. The number of hydrogen-bond donors (Lipinski definition) is 1. The van der Waals surface area contributed by atoms with Crippen LogP contribution in [0.4, 0.5) is 5.69 Å². The number of benzene rings is 1. The molecule has 3 nitrogen and oxygen atoms in total. The van der Waals surface area contributed by atoms with Gasteiger partial charge in [0.05, 0.1) is 5.69 Å². The Bertz CT molecular complexity index is 391. The maximum atomic E-state index is 5.42. The second kappa shape index (κ2) is 6.55. The fourth-order valence-corrected chi connectivity index (χ4v) is 3.13. The summed E-state index contributed by atoms with van der Waals surface area (Å²) >= 11 is 3.68. The van der Waals surface area contributed by atoms with Gasteiger partial charge in [0.25, 0.3) is 0 Å². The van der Waals surface area contributed by atoms with Crippen molar-refractivity contribution in [3.63, 3.8) is 0 Å². The molecule has 0 spiro atoms. The van der Waals surface area contributed by atoms with Crippen LogP contribution in [0, 0.1) is 0 Å². The Morgan fingerprint density at radius 1 is 1.39 bits per heavy atom. The highest BCUT2D eigenvalue weighted by Crippen LogP contribution is 2.30. The zero-order valence-electron chi connectivity index (χ0n) is 11.1. The van der Waals surface area contributed by atoms with Gasteiger partial charge in [0.15, 0.2) is 0 Å². The van der Waals surface area contributed by atoms with E-state index in [9.17, 15) is 0 Å². The van der Waals surface area contributed by atoms with Crippen molar-refractivity contribution < 1.29 is 4.74 Å². The molecule has 1 saturated heterocycles. The first-order valence-corrected chi connectivity index (χ1v) is 7.25.